The van der Waals surface area contributed by atoms with Crippen LogP contribution in [-0.4, -0.2) is 30.4 Å². The molecule has 0 heterocycles. The maximum Gasteiger partial charge on any atom is 0.239 e. The fraction of sp³-hybridized carbons (Fsp3) is 0.833. The third kappa shape index (κ3) is 11.2. The number of carbonyl (C=O) groups excluding carboxylic acids is 2. The van der Waals surface area contributed by atoms with Crippen LogP contribution >= 0.6 is 0 Å². The Balaban J connectivity index is 3.59. The van der Waals surface area contributed by atoms with Crippen LogP contribution in [0.15, 0.2) is 0 Å². The maximum absolute atomic E-state index is 11.4. The standard InChI is InChI=1S/C12H25N3O2/c1-12(2,3)15-11(17)9-14-10(16)7-5-4-6-8-13/h4-9,13H2,1-3H3,(H,14,16)(H,15,17). The number of hydrogen-bond acceptors (Lipinski definition) is 3. The summed E-state index contributed by atoms with van der Waals surface area (Å²) in [5, 5.41) is 5.38. The zero-order valence-corrected chi connectivity index (χ0v) is 11.1. The first-order chi connectivity index (χ1) is 7.85. The second-order valence-corrected chi connectivity index (χ2v) is 5.17. The van der Waals surface area contributed by atoms with E-state index in [2.05, 4.69) is 10.6 Å². The predicted octanol–water partition coefficient (Wildman–Crippen LogP) is 0.536. The monoisotopic (exact) mass is 243 g/mol. The number of nitrogens with one attached hydrogen (secondary N) is 2. The quantitative estimate of drug-likeness (QED) is 0.570. The molecule has 0 radical (unpaired) electrons. The summed E-state index contributed by atoms with van der Waals surface area (Å²) in [5.74, 6) is -0.237. The van der Waals surface area contributed by atoms with Crippen molar-refractivity contribution in [3.8, 4) is 0 Å². The van der Waals surface area contributed by atoms with Gasteiger partial charge in [0.25, 0.3) is 0 Å². The molecule has 0 aromatic rings. The van der Waals surface area contributed by atoms with E-state index in [0.29, 0.717) is 13.0 Å². The maximum atomic E-state index is 11.4. The van der Waals surface area contributed by atoms with E-state index in [1.54, 1.807) is 0 Å². The van der Waals surface area contributed by atoms with E-state index in [-0.39, 0.29) is 23.9 Å². The van der Waals surface area contributed by atoms with Crippen molar-refractivity contribution in [2.24, 2.45) is 5.73 Å². The zero-order chi connectivity index (χ0) is 13.3. The van der Waals surface area contributed by atoms with E-state index >= 15 is 0 Å². The van der Waals surface area contributed by atoms with Gasteiger partial charge in [0.15, 0.2) is 0 Å². The second kappa shape index (κ2) is 8.06. The molecule has 0 aliphatic rings. The van der Waals surface area contributed by atoms with Crippen LogP contribution in [0.4, 0.5) is 0 Å². The molecular formula is C12H25N3O2. The highest BCUT2D eigenvalue weighted by molar-refractivity contribution is 5.84. The fourth-order valence-corrected chi connectivity index (χ4v) is 1.34. The Kier molecular flexibility index (Phi) is 7.54. The van der Waals surface area contributed by atoms with Crippen molar-refractivity contribution in [1.82, 2.24) is 10.6 Å². The summed E-state index contributed by atoms with van der Waals surface area (Å²) < 4.78 is 0. The van der Waals surface area contributed by atoms with Crippen LogP contribution in [0.2, 0.25) is 0 Å². The molecule has 0 aliphatic heterocycles. The van der Waals surface area contributed by atoms with Gasteiger partial charge >= 0.3 is 0 Å². The van der Waals surface area contributed by atoms with Crippen LogP contribution in [0.1, 0.15) is 46.5 Å². The van der Waals surface area contributed by atoms with Gasteiger partial charge in [0, 0.05) is 12.0 Å². The number of rotatable bonds is 7. The number of unbranched alkanes of at least 4 members (excludes halogenated alkanes) is 2. The minimum atomic E-state index is -0.261. The lowest BCUT2D eigenvalue weighted by atomic mass is 10.1. The zero-order valence-electron chi connectivity index (χ0n) is 11.1. The lowest BCUT2D eigenvalue weighted by Crippen LogP contribution is -2.45. The van der Waals surface area contributed by atoms with Crippen molar-refractivity contribution >= 4 is 11.8 Å². The molecule has 0 saturated carbocycles. The van der Waals surface area contributed by atoms with Crippen molar-refractivity contribution in [1.29, 1.82) is 0 Å². The summed E-state index contributed by atoms with van der Waals surface area (Å²) >= 11 is 0. The van der Waals surface area contributed by atoms with E-state index in [0.717, 1.165) is 19.3 Å². The average molecular weight is 243 g/mol. The van der Waals surface area contributed by atoms with E-state index < -0.39 is 0 Å². The van der Waals surface area contributed by atoms with Crippen LogP contribution in [0.3, 0.4) is 0 Å². The molecule has 0 bridgehead atoms. The second-order valence-electron chi connectivity index (χ2n) is 5.17. The number of carbonyl (C=O) groups is 2. The van der Waals surface area contributed by atoms with Crippen molar-refractivity contribution < 1.29 is 9.59 Å². The largest absolute Gasteiger partial charge is 0.350 e. The van der Waals surface area contributed by atoms with E-state index in [1.165, 1.54) is 0 Å². The molecule has 17 heavy (non-hydrogen) atoms. The summed E-state index contributed by atoms with van der Waals surface area (Å²) in [6.45, 7) is 6.42. The normalized spacial score (nSPS) is 11.1. The van der Waals surface area contributed by atoms with Gasteiger partial charge in [-0.25, -0.2) is 0 Å². The van der Waals surface area contributed by atoms with Crippen LogP contribution in [0.25, 0.3) is 0 Å². The summed E-state index contributed by atoms with van der Waals surface area (Å²) in [4.78, 5) is 22.8. The van der Waals surface area contributed by atoms with Gasteiger partial charge in [-0.3, -0.25) is 9.59 Å². The van der Waals surface area contributed by atoms with Crippen molar-refractivity contribution in [2.45, 2.75) is 52.0 Å². The molecule has 2 amide bonds. The molecule has 4 N–H and O–H groups in total. The summed E-state index contributed by atoms with van der Waals surface area (Å²) in [5.41, 5.74) is 5.09. The van der Waals surface area contributed by atoms with E-state index in [9.17, 15) is 9.59 Å². The molecule has 0 atom stereocenters. The molecule has 0 spiro atoms. The van der Waals surface area contributed by atoms with Gasteiger partial charge in [0.1, 0.15) is 0 Å². The summed E-state index contributed by atoms with van der Waals surface area (Å²) in [7, 11) is 0. The first kappa shape index (κ1) is 15.9. The van der Waals surface area contributed by atoms with Crippen molar-refractivity contribution in [3.63, 3.8) is 0 Å². The Morgan fingerprint density at radius 1 is 1.06 bits per heavy atom. The third-order valence-electron chi connectivity index (χ3n) is 2.07. The highest BCUT2D eigenvalue weighted by atomic mass is 16.2. The first-order valence-corrected chi connectivity index (χ1v) is 6.13. The van der Waals surface area contributed by atoms with Gasteiger partial charge in [0.05, 0.1) is 6.54 Å². The average Bonchev–Trinajstić information content (AvgIpc) is 2.19. The lowest BCUT2D eigenvalue weighted by molar-refractivity contribution is -0.126. The molecule has 5 heteroatoms. The van der Waals surface area contributed by atoms with E-state index in [4.69, 9.17) is 5.73 Å². The van der Waals surface area contributed by atoms with Gasteiger partial charge in [0.2, 0.25) is 11.8 Å². The molecule has 0 aromatic carbocycles. The molecule has 0 aromatic heterocycles. The Labute approximate surface area is 104 Å². The fourth-order valence-electron chi connectivity index (χ4n) is 1.34. The molecule has 0 rings (SSSR count). The predicted molar refractivity (Wildman–Crippen MR) is 68.4 cm³/mol. The Morgan fingerprint density at radius 3 is 2.24 bits per heavy atom. The number of nitrogens with two attached hydrogens (primary N) is 1. The summed E-state index contributed by atoms with van der Waals surface area (Å²) in [6, 6.07) is 0. The molecular weight excluding hydrogens is 218 g/mol. The van der Waals surface area contributed by atoms with Crippen LogP contribution in [0.5, 0.6) is 0 Å². The summed E-state index contributed by atoms with van der Waals surface area (Å²) in [6.07, 6.45) is 3.18. The van der Waals surface area contributed by atoms with Gasteiger partial charge in [-0.15, -0.1) is 0 Å². The van der Waals surface area contributed by atoms with Gasteiger partial charge in [-0.1, -0.05) is 6.42 Å². The van der Waals surface area contributed by atoms with Crippen LogP contribution < -0.4 is 16.4 Å². The van der Waals surface area contributed by atoms with E-state index in [1.807, 2.05) is 20.8 Å². The highest BCUT2D eigenvalue weighted by Gasteiger charge is 2.13. The molecule has 100 valence electrons. The van der Waals surface area contributed by atoms with Crippen molar-refractivity contribution in [2.75, 3.05) is 13.1 Å². The third-order valence-corrected chi connectivity index (χ3v) is 2.07. The molecule has 0 saturated heterocycles. The first-order valence-electron chi connectivity index (χ1n) is 6.13. The van der Waals surface area contributed by atoms with Crippen molar-refractivity contribution in [3.05, 3.63) is 0 Å². The minimum Gasteiger partial charge on any atom is -0.350 e. The lowest BCUT2D eigenvalue weighted by Gasteiger charge is -2.20. The van der Waals surface area contributed by atoms with Gasteiger partial charge in [-0.05, 0) is 40.2 Å². The Bertz CT molecular complexity index is 247. The number of amides is 2. The molecule has 0 unspecified atom stereocenters. The topological polar surface area (TPSA) is 84.2 Å². The highest BCUT2D eigenvalue weighted by Crippen LogP contribution is 1.99. The Hall–Kier alpha value is -1.10. The van der Waals surface area contributed by atoms with Gasteiger partial charge < -0.3 is 16.4 Å². The number of hydrogen-bond donors (Lipinski definition) is 3. The van der Waals surface area contributed by atoms with Crippen LogP contribution in [0, 0.1) is 0 Å². The van der Waals surface area contributed by atoms with Crippen LogP contribution in [-0.2, 0) is 9.59 Å². The molecule has 5 nitrogen and oxygen atoms in total. The molecule has 0 aliphatic carbocycles. The van der Waals surface area contributed by atoms with Gasteiger partial charge in [-0.2, -0.15) is 0 Å². The minimum absolute atomic E-state index is 0.0486. The SMILES string of the molecule is CC(C)(C)NC(=O)CNC(=O)CCCCCN. The molecule has 0 fully saturated rings. The Morgan fingerprint density at radius 2 is 1.71 bits per heavy atom. The smallest absolute Gasteiger partial charge is 0.239 e.